The predicted octanol–water partition coefficient (Wildman–Crippen LogP) is 5.56. The number of hydrogen-bond acceptors (Lipinski definition) is 6. The van der Waals surface area contributed by atoms with Gasteiger partial charge in [-0.05, 0) is 105 Å². The van der Waals surface area contributed by atoms with E-state index < -0.39 is 0 Å². The number of anilines is 3. The van der Waals surface area contributed by atoms with Crippen LogP contribution in [0.15, 0.2) is 60.9 Å². The first kappa shape index (κ1) is 26.2. The number of carbonyl (C=O) groups is 1. The van der Waals surface area contributed by atoms with Crippen LogP contribution in [0, 0.1) is 5.92 Å². The lowest BCUT2D eigenvalue weighted by Gasteiger charge is -2.40. The Labute approximate surface area is 226 Å². The average Bonchev–Trinajstić information content (AvgIpc) is 3.48. The zero-order chi connectivity index (χ0) is 26.5. The molecule has 2 N–H and O–H groups in total. The minimum atomic E-state index is -0.171. The summed E-state index contributed by atoms with van der Waals surface area (Å²) in [5, 5.41) is 6.43. The van der Waals surface area contributed by atoms with Gasteiger partial charge in [-0.25, -0.2) is 9.97 Å². The minimum absolute atomic E-state index is 0.103. The first-order chi connectivity index (χ1) is 18.4. The normalized spacial score (nSPS) is 17.0. The molecule has 2 aliphatic rings. The highest BCUT2D eigenvalue weighted by atomic mass is 16.1. The highest BCUT2D eigenvalue weighted by Crippen LogP contribution is 2.38. The molecule has 0 unspecified atom stereocenters. The molecular formula is C31H40N6O. The Morgan fingerprint density at radius 1 is 0.974 bits per heavy atom. The van der Waals surface area contributed by atoms with Gasteiger partial charge >= 0.3 is 0 Å². The van der Waals surface area contributed by atoms with E-state index in [0.717, 1.165) is 43.2 Å². The minimum Gasteiger partial charge on any atom is -0.365 e. The van der Waals surface area contributed by atoms with Gasteiger partial charge in [0.15, 0.2) is 0 Å². The van der Waals surface area contributed by atoms with Crippen molar-refractivity contribution in [3.8, 4) is 0 Å². The van der Waals surface area contributed by atoms with Crippen LogP contribution < -0.4 is 15.5 Å². The van der Waals surface area contributed by atoms with Gasteiger partial charge < -0.3 is 20.4 Å². The molecule has 200 valence electrons. The number of amides is 1. The Morgan fingerprint density at radius 3 is 2.45 bits per heavy atom. The van der Waals surface area contributed by atoms with Crippen molar-refractivity contribution in [1.82, 2.24) is 14.9 Å². The smallest absolute Gasteiger partial charge is 0.259 e. The molecule has 0 aliphatic carbocycles. The van der Waals surface area contributed by atoms with Gasteiger partial charge in [0.2, 0.25) is 0 Å². The third-order valence-corrected chi connectivity index (χ3v) is 8.38. The lowest BCUT2D eigenvalue weighted by Crippen LogP contribution is -2.39. The van der Waals surface area contributed by atoms with Crippen molar-refractivity contribution in [2.75, 3.05) is 48.8 Å². The van der Waals surface area contributed by atoms with E-state index in [1.165, 1.54) is 31.2 Å². The van der Waals surface area contributed by atoms with Gasteiger partial charge in [0.1, 0.15) is 11.6 Å². The molecule has 2 aliphatic heterocycles. The summed E-state index contributed by atoms with van der Waals surface area (Å²) >= 11 is 0. The Morgan fingerprint density at radius 2 is 1.71 bits per heavy atom. The number of likely N-dealkylation sites (tertiary alicyclic amines) is 1. The van der Waals surface area contributed by atoms with E-state index in [1.54, 1.807) is 12.3 Å². The number of rotatable bonds is 8. The van der Waals surface area contributed by atoms with Crippen LogP contribution in [0.2, 0.25) is 0 Å². The molecule has 1 amide bonds. The van der Waals surface area contributed by atoms with Crippen LogP contribution >= 0.6 is 0 Å². The summed E-state index contributed by atoms with van der Waals surface area (Å²) in [6.07, 6.45) is 8.44. The molecule has 7 nitrogen and oxygen atoms in total. The summed E-state index contributed by atoms with van der Waals surface area (Å²) in [7, 11) is 2.20. The number of nitrogens with zero attached hydrogens (tertiary/aromatic N) is 4. The molecule has 2 aromatic heterocycles. The third-order valence-electron chi connectivity index (χ3n) is 8.38. The summed E-state index contributed by atoms with van der Waals surface area (Å²) in [5.41, 5.74) is 3.85. The summed E-state index contributed by atoms with van der Waals surface area (Å²) in [6.45, 7) is 9.70. The number of nitrogens with one attached hydrogen (secondary N) is 2. The fourth-order valence-electron chi connectivity index (χ4n) is 5.75. The molecule has 0 saturated carbocycles. The highest BCUT2D eigenvalue weighted by Gasteiger charge is 2.33. The topological polar surface area (TPSA) is 73.4 Å². The van der Waals surface area contributed by atoms with Crippen LogP contribution in [-0.4, -0.2) is 54.0 Å². The Hall–Kier alpha value is -3.45. The summed E-state index contributed by atoms with van der Waals surface area (Å²) < 4.78 is 0. The Balaban J connectivity index is 1.22. The van der Waals surface area contributed by atoms with Gasteiger partial charge in [0.05, 0.1) is 5.56 Å². The van der Waals surface area contributed by atoms with Crippen LogP contribution in [0.5, 0.6) is 0 Å². The van der Waals surface area contributed by atoms with E-state index >= 15 is 0 Å². The van der Waals surface area contributed by atoms with Crippen molar-refractivity contribution in [3.05, 3.63) is 77.6 Å². The monoisotopic (exact) mass is 512 g/mol. The fraction of sp³-hybridized carbons (Fsp3) is 0.452. The average molecular weight is 513 g/mol. The molecule has 1 aromatic carbocycles. The molecule has 0 atom stereocenters. The standard InChI is InChI=1S/C31H40N6O/c1-31(2,25-13-19-36(3)20-14-25)24-8-10-26(11-9-24)35-30(38)27-7-6-15-33-29(27)34-22-23-12-16-32-28(21-23)37-17-4-5-18-37/h6-12,15-16,21,25H,4-5,13-14,17-20,22H2,1-3H3,(H,33,34)(H,35,38). The second-order valence-electron chi connectivity index (χ2n) is 11.3. The predicted molar refractivity (Wildman–Crippen MR) is 155 cm³/mol. The van der Waals surface area contributed by atoms with Gasteiger partial charge in [-0.2, -0.15) is 0 Å². The van der Waals surface area contributed by atoms with Crippen molar-refractivity contribution in [1.29, 1.82) is 0 Å². The second-order valence-corrected chi connectivity index (χ2v) is 11.3. The molecule has 5 rings (SSSR count). The van der Waals surface area contributed by atoms with Gasteiger partial charge in [0, 0.05) is 37.7 Å². The maximum atomic E-state index is 13.2. The molecule has 2 saturated heterocycles. The first-order valence-electron chi connectivity index (χ1n) is 13.9. The van der Waals surface area contributed by atoms with Crippen molar-refractivity contribution in [3.63, 3.8) is 0 Å². The van der Waals surface area contributed by atoms with E-state index in [9.17, 15) is 4.79 Å². The maximum Gasteiger partial charge on any atom is 0.259 e. The quantitative estimate of drug-likeness (QED) is 0.412. The molecule has 0 spiro atoms. The van der Waals surface area contributed by atoms with Gasteiger partial charge in [0.25, 0.3) is 5.91 Å². The zero-order valence-electron chi connectivity index (χ0n) is 22.9. The molecule has 3 aromatic rings. The Bertz CT molecular complexity index is 1230. The Kier molecular flexibility index (Phi) is 7.93. The fourth-order valence-corrected chi connectivity index (χ4v) is 5.75. The number of pyridine rings is 2. The molecule has 4 heterocycles. The van der Waals surface area contributed by atoms with Gasteiger partial charge in [-0.3, -0.25) is 4.79 Å². The number of benzene rings is 1. The van der Waals surface area contributed by atoms with Crippen molar-refractivity contribution in [2.24, 2.45) is 5.92 Å². The van der Waals surface area contributed by atoms with Crippen molar-refractivity contribution >= 4 is 23.2 Å². The highest BCUT2D eigenvalue weighted by molar-refractivity contribution is 6.07. The number of hydrogen-bond donors (Lipinski definition) is 2. The molecule has 0 bridgehead atoms. The zero-order valence-corrected chi connectivity index (χ0v) is 22.9. The molecule has 7 heteroatoms. The number of aromatic nitrogens is 2. The summed E-state index contributed by atoms with van der Waals surface area (Å²) in [5.74, 6) is 2.08. The van der Waals surface area contributed by atoms with Crippen molar-refractivity contribution in [2.45, 2.75) is 51.5 Å². The largest absolute Gasteiger partial charge is 0.365 e. The van der Waals surface area contributed by atoms with Crippen LogP contribution in [0.3, 0.4) is 0 Å². The summed E-state index contributed by atoms with van der Waals surface area (Å²) in [6, 6.07) is 16.1. The van der Waals surface area contributed by atoms with E-state index in [4.69, 9.17) is 0 Å². The van der Waals surface area contributed by atoms with E-state index in [-0.39, 0.29) is 11.3 Å². The van der Waals surface area contributed by atoms with E-state index in [1.807, 2.05) is 30.5 Å². The van der Waals surface area contributed by atoms with E-state index in [0.29, 0.717) is 23.8 Å². The lowest BCUT2D eigenvalue weighted by atomic mass is 9.69. The SMILES string of the molecule is CN1CCC(C(C)(C)c2ccc(NC(=O)c3cccnc3NCc3ccnc(N4CCCC4)c3)cc2)CC1. The molecular weight excluding hydrogens is 472 g/mol. The van der Waals surface area contributed by atoms with Crippen molar-refractivity contribution < 1.29 is 4.79 Å². The van der Waals surface area contributed by atoms with E-state index in [2.05, 4.69) is 69.5 Å². The van der Waals surface area contributed by atoms with Gasteiger partial charge in [-0.1, -0.05) is 26.0 Å². The van der Waals surface area contributed by atoms with Crippen LogP contribution in [-0.2, 0) is 12.0 Å². The summed E-state index contributed by atoms with van der Waals surface area (Å²) in [4.78, 5) is 27.0. The third kappa shape index (κ3) is 5.99. The molecule has 2 fully saturated rings. The molecule has 0 radical (unpaired) electrons. The maximum absolute atomic E-state index is 13.2. The van der Waals surface area contributed by atoms with Crippen LogP contribution in [0.1, 0.15) is 61.0 Å². The lowest BCUT2D eigenvalue weighted by molar-refractivity contribution is 0.102. The van der Waals surface area contributed by atoms with Crippen LogP contribution in [0.4, 0.5) is 17.3 Å². The van der Waals surface area contributed by atoms with Gasteiger partial charge in [-0.15, -0.1) is 0 Å². The number of carbonyl (C=O) groups excluding carboxylic acids is 1. The van der Waals surface area contributed by atoms with Crippen LogP contribution in [0.25, 0.3) is 0 Å². The number of piperidine rings is 1. The first-order valence-corrected chi connectivity index (χ1v) is 13.9. The molecule has 38 heavy (non-hydrogen) atoms. The second kappa shape index (κ2) is 11.5.